The number of benzene rings is 2. The Morgan fingerprint density at radius 1 is 1.17 bits per heavy atom. The molecule has 0 saturated carbocycles. The van der Waals surface area contributed by atoms with Crippen molar-refractivity contribution in [3.05, 3.63) is 65.5 Å². The van der Waals surface area contributed by atoms with Gasteiger partial charge in [0.1, 0.15) is 17.1 Å². The molecule has 1 aliphatic heterocycles. The van der Waals surface area contributed by atoms with Crippen LogP contribution in [0.3, 0.4) is 0 Å². The molecule has 0 bridgehead atoms. The molecule has 1 saturated heterocycles. The zero-order chi connectivity index (χ0) is 16.4. The highest BCUT2D eigenvalue weighted by Gasteiger charge is 2.35. The number of methoxy groups -OCH3 is 1. The maximum atomic E-state index is 14.1. The van der Waals surface area contributed by atoms with Crippen molar-refractivity contribution in [3.8, 4) is 5.75 Å². The number of hydrogen-bond donors (Lipinski definition) is 1. The van der Waals surface area contributed by atoms with Crippen LogP contribution in [0.2, 0.25) is 0 Å². The van der Waals surface area contributed by atoms with E-state index in [2.05, 4.69) is 0 Å². The first-order valence-corrected chi connectivity index (χ1v) is 7.54. The second-order valence-corrected chi connectivity index (χ2v) is 5.71. The first-order valence-electron chi connectivity index (χ1n) is 7.54. The highest BCUT2D eigenvalue weighted by Crippen LogP contribution is 2.30. The number of likely N-dealkylation sites (tertiary alicyclic amines) is 1. The zero-order valence-electron chi connectivity index (χ0n) is 12.9. The van der Waals surface area contributed by atoms with Crippen molar-refractivity contribution in [3.63, 3.8) is 0 Å². The second-order valence-electron chi connectivity index (χ2n) is 5.71. The number of nitrogens with two attached hydrogens (primary N) is 1. The molecule has 2 N–H and O–H groups in total. The summed E-state index contributed by atoms with van der Waals surface area (Å²) >= 11 is 0. The van der Waals surface area contributed by atoms with E-state index in [4.69, 9.17) is 10.5 Å². The summed E-state index contributed by atoms with van der Waals surface area (Å²) in [4.78, 5) is 14.3. The molecular formula is C18H19FN2O2. The topological polar surface area (TPSA) is 55.6 Å². The minimum Gasteiger partial charge on any atom is -0.496 e. The molecular weight excluding hydrogens is 295 g/mol. The Morgan fingerprint density at radius 2 is 1.91 bits per heavy atom. The molecule has 2 atom stereocenters. The number of halogens is 1. The molecule has 23 heavy (non-hydrogen) atoms. The normalized spacial score (nSPS) is 20.6. The van der Waals surface area contributed by atoms with Gasteiger partial charge in [-0.1, -0.05) is 36.4 Å². The van der Waals surface area contributed by atoms with Crippen LogP contribution in [0.1, 0.15) is 21.8 Å². The van der Waals surface area contributed by atoms with Gasteiger partial charge in [0.05, 0.1) is 7.11 Å². The van der Waals surface area contributed by atoms with Gasteiger partial charge in [0.15, 0.2) is 0 Å². The minimum atomic E-state index is -0.578. The van der Waals surface area contributed by atoms with E-state index in [0.29, 0.717) is 13.1 Å². The van der Waals surface area contributed by atoms with E-state index < -0.39 is 5.82 Å². The number of carbonyl (C=O) groups is 1. The highest BCUT2D eigenvalue weighted by atomic mass is 19.1. The quantitative estimate of drug-likeness (QED) is 0.946. The van der Waals surface area contributed by atoms with Gasteiger partial charge in [-0.2, -0.15) is 0 Å². The van der Waals surface area contributed by atoms with E-state index in [9.17, 15) is 9.18 Å². The maximum Gasteiger partial charge on any atom is 0.260 e. The smallest absolute Gasteiger partial charge is 0.260 e. The summed E-state index contributed by atoms with van der Waals surface area (Å²) in [6.07, 6.45) is 0. The van der Waals surface area contributed by atoms with Gasteiger partial charge in [0.2, 0.25) is 0 Å². The summed E-state index contributed by atoms with van der Waals surface area (Å²) < 4.78 is 19.2. The molecule has 0 radical (unpaired) electrons. The molecule has 5 heteroatoms. The fourth-order valence-corrected chi connectivity index (χ4v) is 3.09. The summed E-state index contributed by atoms with van der Waals surface area (Å²) in [5.41, 5.74) is 7.27. The van der Waals surface area contributed by atoms with Crippen LogP contribution in [-0.4, -0.2) is 37.0 Å². The largest absolute Gasteiger partial charge is 0.496 e. The van der Waals surface area contributed by atoms with Crippen molar-refractivity contribution in [1.82, 2.24) is 4.90 Å². The standard InChI is InChI=1S/C18H19FN2O2/c1-23-16-9-5-8-14(19)17(16)18(22)21-10-13(15(20)11-21)12-6-3-2-4-7-12/h2-9,13,15H,10-11,20H2,1H3/t13-,15+/m0/s1. The van der Waals surface area contributed by atoms with Crippen LogP contribution in [0.5, 0.6) is 5.75 Å². The first kappa shape index (κ1) is 15.5. The Hall–Kier alpha value is -2.40. The van der Waals surface area contributed by atoms with Gasteiger partial charge in [-0.3, -0.25) is 4.79 Å². The molecule has 0 aliphatic carbocycles. The first-order chi connectivity index (χ1) is 11.1. The molecule has 0 unspecified atom stereocenters. The van der Waals surface area contributed by atoms with Crippen LogP contribution in [-0.2, 0) is 0 Å². The van der Waals surface area contributed by atoms with Gasteiger partial charge in [0.25, 0.3) is 5.91 Å². The molecule has 4 nitrogen and oxygen atoms in total. The van der Waals surface area contributed by atoms with E-state index in [1.54, 1.807) is 11.0 Å². The van der Waals surface area contributed by atoms with Gasteiger partial charge < -0.3 is 15.4 Å². The summed E-state index contributed by atoms with van der Waals surface area (Å²) in [7, 11) is 1.42. The van der Waals surface area contributed by atoms with Crippen LogP contribution in [0.25, 0.3) is 0 Å². The van der Waals surface area contributed by atoms with Crippen LogP contribution in [0.15, 0.2) is 48.5 Å². The van der Waals surface area contributed by atoms with E-state index in [1.807, 2.05) is 30.3 Å². The monoisotopic (exact) mass is 314 g/mol. The lowest BCUT2D eigenvalue weighted by Gasteiger charge is -2.18. The zero-order valence-corrected chi connectivity index (χ0v) is 12.9. The van der Waals surface area contributed by atoms with Crippen molar-refractivity contribution >= 4 is 5.91 Å². The number of rotatable bonds is 3. The predicted molar refractivity (Wildman–Crippen MR) is 86.0 cm³/mol. The van der Waals surface area contributed by atoms with E-state index in [-0.39, 0.29) is 29.2 Å². The van der Waals surface area contributed by atoms with Crippen LogP contribution in [0, 0.1) is 5.82 Å². The molecule has 3 rings (SSSR count). The number of nitrogens with zero attached hydrogens (tertiary/aromatic N) is 1. The summed E-state index contributed by atoms with van der Waals surface area (Å²) in [5, 5.41) is 0. The summed E-state index contributed by atoms with van der Waals surface area (Å²) in [5.74, 6) is -0.662. The van der Waals surface area contributed by atoms with Gasteiger partial charge in [-0.15, -0.1) is 0 Å². The lowest BCUT2D eigenvalue weighted by Crippen LogP contribution is -2.32. The third-order valence-corrected chi connectivity index (χ3v) is 4.29. The molecule has 1 amide bonds. The lowest BCUT2D eigenvalue weighted by molar-refractivity contribution is 0.0781. The Morgan fingerprint density at radius 3 is 2.61 bits per heavy atom. The molecule has 1 heterocycles. The molecule has 1 fully saturated rings. The van der Waals surface area contributed by atoms with Gasteiger partial charge in [0, 0.05) is 25.0 Å². The Balaban J connectivity index is 1.85. The van der Waals surface area contributed by atoms with Gasteiger partial charge >= 0.3 is 0 Å². The molecule has 0 spiro atoms. The lowest BCUT2D eigenvalue weighted by atomic mass is 9.95. The fraction of sp³-hybridized carbons (Fsp3) is 0.278. The summed E-state index contributed by atoms with van der Waals surface area (Å²) in [6.45, 7) is 0.872. The third kappa shape index (κ3) is 2.92. The van der Waals surface area contributed by atoms with Crippen LogP contribution in [0.4, 0.5) is 4.39 Å². The predicted octanol–water partition coefficient (Wildman–Crippen LogP) is 2.40. The Kier molecular flexibility index (Phi) is 4.30. The van der Waals surface area contributed by atoms with Crippen molar-refractivity contribution in [1.29, 1.82) is 0 Å². The van der Waals surface area contributed by atoms with E-state index in [1.165, 1.54) is 19.2 Å². The molecule has 1 aliphatic rings. The highest BCUT2D eigenvalue weighted by molar-refractivity contribution is 5.97. The van der Waals surface area contributed by atoms with Gasteiger partial charge in [-0.25, -0.2) is 4.39 Å². The second kappa shape index (κ2) is 6.38. The van der Waals surface area contributed by atoms with Gasteiger partial charge in [-0.05, 0) is 17.7 Å². The summed E-state index contributed by atoms with van der Waals surface area (Å²) in [6, 6.07) is 14.0. The fourth-order valence-electron chi connectivity index (χ4n) is 3.09. The van der Waals surface area contributed by atoms with Crippen molar-refractivity contribution in [2.45, 2.75) is 12.0 Å². The molecule has 0 aromatic heterocycles. The maximum absolute atomic E-state index is 14.1. The average Bonchev–Trinajstić information content (AvgIpc) is 2.96. The molecule has 2 aromatic rings. The number of carbonyl (C=O) groups excluding carboxylic acids is 1. The van der Waals surface area contributed by atoms with Crippen LogP contribution < -0.4 is 10.5 Å². The number of hydrogen-bond acceptors (Lipinski definition) is 3. The third-order valence-electron chi connectivity index (χ3n) is 4.29. The number of ether oxygens (including phenoxy) is 1. The Labute approximate surface area is 134 Å². The SMILES string of the molecule is COc1cccc(F)c1C(=O)N1C[C@@H](N)[C@H](c2ccccc2)C1. The van der Waals surface area contributed by atoms with Crippen LogP contribution >= 0.6 is 0 Å². The van der Waals surface area contributed by atoms with E-state index >= 15 is 0 Å². The average molecular weight is 314 g/mol. The minimum absolute atomic E-state index is 0.0316. The van der Waals surface area contributed by atoms with E-state index in [0.717, 1.165) is 5.56 Å². The molecule has 120 valence electrons. The van der Waals surface area contributed by atoms with Crippen molar-refractivity contribution < 1.29 is 13.9 Å². The Bertz CT molecular complexity index is 705. The van der Waals surface area contributed by atoms with Crippen molar-refractivity contribution in [2.24, 2.45) is 5.73 Å². The molecule has 2 aromatic carbocycles. The van der Waals surface area contributed by atoms with Crippen molar-refractivity contribution in [2.75, 3.05) is 20.2 Å². The number of amides is 1.